The monoisotopic (exact) mass is 867 g/mol. The molecule has 0 spiro atoms. The molecule has 1 atom stereocenters. The summed E-state index contributed by atoms with van der Waals surface area (Å²) < 4.78 is 0. The van der Waals surface area contributed by atoms with Crippen LogP contribution in [0.15, 0.2) is 291 Å². The van der Waals surface area contributed by atoms with Crippen molar-refractivity contribution >= 4 is 17.1 Å². The number of nitrogens with zero attached hydrogens (tertiary/aromatic N) is 1. The number of rotatable bonds is 12. The molecule has 1 heteroatoms. The molecule has 0 amide bonds. The summed E-state index contributed by atoms with van der Waals surface area (Å²) in [7, 11) is 0. The van der Waals surface area contributed by atoms with E-state index in [1.165, 1.54) is 83.5 Å². The Morgan fingerprint density at radius 1 is 0.206 bits per heavy atom. The third kappa shape index (κ3) is 8.94. The first-order valence-electron chi connectivity index (χ1n) is 23.4. The quantitative estimate of drug-likeness (QED) is 0.111. The van der Waals surface area contributed by atoms with E-state index in [0.717, 1.165) is 17.1 Å². The summed E-state index contributed by atoms with van der Waals surface area (Å²) in [6.07, 6.45) is 0. The maximum absolute atomic E-state index is 2.37. The predicted molar refractivity (Wildman–Crippen MR) is 288 cm³/mol. The first-order valence-corrected chi connectivity index (χ1v) is 23.4. The van der Waals surface area contributed by atoms with Gasteiger partial charge in [0.2, 0.25) is 0 Å². The fourth-order valence-corrected chi connectivity index (χ4v) is 9.52. The first-order chi connectivity index (χ1) is 33.7. The lowest BCUT2D eigenvalue weighted by atomic mass is 9.80. The molecule has 11 rings (SSSR count). The summed E-state index contributed by atoms with van der Waals surface area (Å²) >= 11 is 0. The molecule has 0 aromatic heterocycles. The van der Waals surface area contributed by atoms with Gasteiger partial charge in [0.25, 0.3) is 0 Å². The van der Waals surface area contributed by atoms with Crippen molar-refractivity contribution in [1.29, 1.82) is 0 Å². The minimum Gasteiger partial charge on any atom is -0.311 e. The smallest absolute Gasteiger partial charge is 0.0462 e. The summed E-state index contributed by atoms with van der Waals surface area (Å²) in [5.41, 5.74) is 21.5. The summed E-state index contributed by atoms with van der Waals surface area (Å²) in [6, 6.07) is 106. The molecule has 0 radical (unpaired) electrons. The van der Waals surface area contributed by atoms with Crippen LogP contribution in [0.3, 0.4) is 0 Å². The van der Waals surface area contributed by atoms with Gasteiger partial charge in [-0.15, -0.1) is 0 Å². The van der Waals surface area contributed by atoms with Gasteiger partial charge in [-0.1, -0.05) is 249 Å². The van der Waals surface area contributed by atoms with Crippen molar-refractivity contribution in [3.05, 3.63) is 308 Å². The maximum Gasteiger partial charge on any atom is 0.0462 e. The fourth-order valence-electron chi connectivity index (χ4n) is 9.52. The standard InChI is InChI=1S/C67H49N/c1-6-16-49(17-7-1)53-26-30-59(31-27-53)67(65-47-40-61(52-22-12-4-13-23-52)48-66(65)58-24-14-5-15-25-58)60-32-28-54(29-33-60)57-38-45-64(46-39-57)68(62-41-34-55(35-42-62)50-18-8-2-9-19-50)63-43-36-56(37-44-63)51-20-10-3-11-21-51/h1-48,67H. The van der Waals surface area contributed by atoms with E-state index < -0.39 is 0 Å². The van der Waals surface area contributed by atoms with E-state index in [4.69, 9.17) is 0 Å². The van der Waals surface area contributed by atoms with E-state index in [1.54, 1.807) is 0 Å². The van der Waals surface area contributed by atoms with Gasteiger partial charge in [-0.2, -0.15) is 0 Å². The van der Waals surface area contributed by atoms with Gasteiger partial charge in [-0.05, 0) is 126 Å². The van der Waals surface area contributed by atoms with Crippen LogP contribution in [0.2, 0.25) is 0 Å². The molecule has 0 N–H and O–H groups in total. The van der Waals surface area contributed by atoms with Crippen molar-refractivity contribution in [3.8, 4) is 66.8 Å². The van der Waals surface area contributed by atoms with Crippen molar-refractivity contribution in [1.82, 2.24) is 0 Å². The number of hydrogen-bond acceptors (Lipinski definition) is 1. The van der Waals surface area contributed by atoms with Crippen LogP contribution in [-0.2, 0) is 0 Å². The zero-order valence-electron chi connectivity index (χ0n) is 37.7. The first kappa shape index (κ1) is 41.9. The van der Waals surface area contributed by atoms with E-state index in [0.29, 0.717) is 0 Å². The van der Waals surface area contributed by atoms with Crippen molar-refractivity contribution < 1.29 is 0 Å². The second-order valence-corrected chi connectivity index (χ2v) is 17.3. The van der Waals surface area contributed by atoms with Crippen LogP contribution < -0.4 is 4.90 Å². The highest BCUT2D eigenvalue weighted by Crippen LogP contribution is 2.42. The third-order valence-electron chi connectivity index (χ3n) is 13.1. The average Bonchev–Trinajstić information content (AvgIpc) is 3.43. The van der Waals surface area contributed by atoms with Gasteiger partial charge < -0.3 is 4.90 Å². The summed E-state index contributed by atoms with van der Waals surface area (Å²) in [6.45, 7) is 0. The molecule has 0 heterocycles. The third-order valence-corrected chi connectivity index (χ3v) is 13.1. The number of benzene rings is 11. The van der Waals surface area contributed by atoms with E-state index in [-0.39, 0.29) is 5.92 Å². The molecule has 1 unspecified atom stereocenters. The summed E-state index contributed by atoms with van der Waals surface area (Å²) in [5.74, 6) is -0.00797. The Morgan fingerprint density at radius 2 is 0.456 bits per heavy atom. The van der Waals surface area contributed by atoms with Gasteiger partial charge >= 0.3 is 0 Å². The van der Waals surface area contributed by atoms with Crippen molar-refractivity contribution in [2.75, 3.05) is 4.90 Å². The summed E-state index contributed by atoms with van der Waals surface area (Å²) in [4.78, 5) is 2.34. The molecule has 0 bridgehead atoms. The molecule has 0 aliphatic rings. The lowest BCUT2D eigenvalue weighted by molar-refractivity contribution is 0.980. The van der Waals surface area contributed by atoms with Crippen LogP contribution in [0.5, 0.6) is 0 Å². The SMILES string of the molecule is c1ccc(-c2ccc(C(c3ccc(-c4ccc(N(c5ccc(-c6ccccc6)cc5)c5ccc(-c6ccccc6)cc5)cc4)cc3)c3ccc(-c4ccccc4)cc3-c3ccccc3)cc2)cc1. The van der Waals surface area contributed by atoms with Crippen LogP contribution in [0.4, 0.5) is 17.1 Å². The Hall–Kier alpha value is -8.78. The van der Waals surface area contributed by atoms with E-state index >= 15 is 0 Å². The minimum atomic E-state index is -0.00797. The minimum absolute atomic E-state index is 0.00797. The Labute approximate surface area is 400 Å². The van der Waals surface area contributed by atoms with Gasteiger partial charge in [0.1, 0.15) is 0 Å². The highest BCUT2D eigenvalue weighted by atomic mass is 15.1. The van der Waals surface area contributed by atoms with Gasteiger partial charge in [-0.3, -0.25) is 0 Å². The fraction of sp³-hybridized carbons (Fsp3) is 0.0149. The van der Waals surface area contributed by atoms with E-state index in [1.807, 2.05) is 0 Å². The number of anilines is 3. The largest absolute Gasteiger partial charge is 0.311 e. The summed E-state index contributed by atoms with van der Waals surface area (Å²) in [5, 5.41) is 0. The molecule has 0 aliphatic heterocycles. The topological polar surface area (TPSA) is 3.24 Å². The molecule has 0 saturated carbocycles. The van der Waals surface area contributed by atoms with Gasteiger partial charge in [-0.25, -0.2) is 0 Å². The highest BCUT2D eigenvalue weighted by molar-refractivity contribution is 5.82. The molecule has 68 heavy (non-hydrogen) atoms. The van der Waals surface area contributed by atoms with Crippen molar-refractivity contribution in [2.24, 2.45) is 0 Å². The zero-order chi connectivity index (χ0) is 45.5. The van der Waals surface area contributed by atoms with Crippen LogP contribution in [0, 0.1) is 0 Å². The molecule has 0 aliphatic carbocycles. The highest BCUT2D eigenvalue weighted by Gasteiger charge is 2.22. The van der Waals surface area contributed by atoms with E-state index in [2.05, 4.69) is 296 Å². The molecular weight excluding hydrogens is 819 g/mol. The Morgan fingerprint density at radius 3 is 0.779 bits per heavy atom. The second-order valence-electron chi connectivity index (χ2n) is 17.3. The Balaban J connectivity index is 0.951. The van der Waals surface area contributed by atoms with Gasteiger partial charge in [0.05, 0.1) is 0 Å². The van der Waals surface area contributed by atoms with Gasteiger partial charge in [0.15, 0.2) is 0 Å². The second kappa shape index (κ2) is 19.4. The van der Waals surface area contributed by atoms with Crippen molar-refractivity contribution in [3.63, 3.8) is 0 Å². The maximum atomic E-state index is 2.37. The van der Waals surface area contributed by atoms with Crippen LogP contribution >= 0.6 is 0 Å². The average molecular weight is 868 g/mol. The normalized spacial score (nSPS) is 11.5. The molecule has 11 aromatic rings. The van der Waals surface area contributed by atoms with Crippen LogP contribution in [0.25, 0.3) is 66.8 Å². The molecule has 11 aromatic carbocycles. The molecule has 0 saturated heterocycles. The zero-order valence-corrected chi connectivity index (χ0v) is 37.7. The molecule has 322 valence electrons. The lowest BCUT2D eigenvalue weighted by Gasteiger charge is -2.26. The Bertz CT molecular complexity index is 3270. The van der Waals surface area contributed by atoms with E-state index in [9.17, 15) is 0 Å². The number of hydrogen-bond donors (Lipinski definition) is 0. The van der Waals surface area contributed by atoms with Crippen molar-refractivity contribution in [2.45, 2.75) is 5.92 Å². The lowest BCUT2D eigenvalue weighted by Crippen LogP contribution is -2.09. The van der Waals surface area contributed by atoms with Gasteiger partial charge in [0, 0.05) is 23.0 Å². The van der Waals surface area contributed by atoms with Crippen LogP contribution in [-0.4, -0.2) is 0 Å². The Kier molecular flexibility index (Phi) is 11.9. The molecule has 1 nitrogen and oxygen atoms in total. The predicted octanol–water partition coefficient (Wildman–Crippen LogP) is 18.3. The molecular formula is C67H49N. The molecule has 0 fully saturated rings. The van der Waals surface area contributed by atoms with Crippen LogP contribution in [0.1, 0.15) is 22.6 Å².